The maximum atomic E-state index is 8.91. The fourth-order valence-electron chi connectivity index (χ4n) is 0.666. The van der Waals surface area contributed by atoms with E-state index >= 15 is 0 Å². The zero-order valence-corrected chi connectivity index (χ0v) is 7.17. The SMILES string of the molecule is C=C(O)[C@H](CO)NCC(C)C. The number of hydrogen-bond donors (Lipinski definition) is 3. The molecule has 66 valence electrons. The highest BCUT2D eigenvalue weighted by atomic mass is 16.3. The highest BCUT2D eigenvalue weighted by molar-refractivity contribution is 4.94. The molecule has 0 bridgehead atoms. The van der Waals surface area contributed by atoms with Crippen molar-refractivity contribution in [3.8, 4) is 0 Å². The molecule has 11 heavy (non-hydrogen) atoms. The van der Waals surface area contributed by atoms with E-state index in [1.807, 2.05) is 0 Å². The van der Waals surface area contributed by atoms with E-state index in [9.17, 15) is 0 Å². The summed E-state index contributed by atoms with van der Waals surface area (Å²) in [6.07, 6.45) is 0. The minimum Gasteiger partial charge on any atom is -0.511 e. The Morgan fingerprint density at radius 1 is 1.55 bits per heavy atom. The summed E-state index contributed by atoms with van der Waals surface area (Å²) < 4.78 is 0. The van der Waals surface area contributed by atoms with Crippen molar-refractivity contribution in [2.24, 2.45) is 5.92 Å². The first kappa shape index (κ1) is 10.5. The van der Waals surface area contributed by atoms with Crippen LogP contribution in [-0.2, 0) is 0 Å². The fraction of sp³-hybridized carbons (Fsp3) is 0.750. The molecule has 0 saturated carbocycles. The van der Waals surface area contributed by atoms with E-state index in [2.05, 4.69) is 25.7 Å². The van der Waals surface area contributed by atoms with E-state index in [1.165, 1.54) is 0 Å². The van der Waals surface area contributed by atoms with Gasteiger partial charge in [-0.2, -0.15) is 0 Å². The van der Waals surface area contributed by atoms with Gasteiger partial charge in [-0.1, -0.05) is 20.4 Å². The minimum absolute atomic E-state index is 0.00634. The molecular weight excluding hydrogens is 142 g/mol. The fourth-order valence-corrected chi connectivity index (χ4v) is 0.666. The maximum absolute atomic E-state index is 8.91. The average molecular weight is 159 g/mol. The van der Waals surface area contributed by atoms with Crippen LogP contribution in [0.4, 0.5) is 0 Å². The monoisotopic (exact) mass is 159 g/mol. The summed E-state index contributed by atoms with van der Waals surface area (Å²) in [5.74, 6) is 0.497. The zero-order valence-electron chi connectivity index (χ0n) is 7.17. The van der Waals surface area contributed by atoms with Crippen molar-refractivity contribution >= 4 is 0 Å². The third-order valence-corrected chi connectivity index (χ3v) is 1.36. The van der Waals surface area contributed by atoms with Gasteiger partial charge in [-0.05, 0) is 12.5 Å². The summed E-state index contributed by atoms with van der Waals surface area (Å²) in [6.45, 7) is 8.11. The Kier molecular flexibility index (Phi) is 4.90. The summed E-state index contributed by atoms with van der Waals surface area (Å²) in [4.78, 5) is 0. The molecule has 0 aliphatic carbocycles. The van der Waals surface area contributed by atoms with Gasteiger partial charge in [0.05, 0.1) is 12.6 Å². The van der Waals surface area contributed by atoms with Gasteiger partial charge in [0, 0.05) is 0 Å². The lowest BCUT2D eigenvalue weighted by atomic mass is 10.2. The predicted octanol–water partition coefficient (Wildman–Crippen LogP) is 0.665. The highest BCUT2D eigenvalue weighted by Crippen LogP contribution is 1.95. The topological polar surface area (TPSA) is 52.5 Å². The molecule has 0 aliphatic heterocycles. The van der Waals surface area contributed by atoms with Gasteiger partial charge in [-0.15, -0.1) is 0 Å². The normalized spacial score (nSPS) is 13.5. The van der Waals surface area contributed by atoms with Crippen molar-refractivity contribution in [1.29, 1.82) is 0 Å². The van der Waals surface area contributed by atoms with Crippen LogP contribution in [0.2, 0.25) is 0 Å². The minimum atomic E-state index is -0.377. The quantitative estimate of drug-likeness (QED) is 0.517. The van der Waals surface area contributed by atoms with Gasteiger partial charge in [0.15, 0.2) is 0 Å². The van der Waals surface area contributed by atoms with E-state index in [4.69, 9.17) is 10.2 Å². The Balaban J connectivity index is 3.61. The van der Waals surface area contributed by atoms with Gasteiger partial charge in [-0.3, -0.25) is 0 Å². The molecular formula is C8H17NO2. The first-order valence-corrected chi connectivity index (χ1v) is 3.80. The second-order valence-corrected chi connectivity index (χ2v) is 3.03. The van der Waals surface area contributed by atoms with Crippen molar-refractivity contribution in [1.82, 2.24) is 5.32 Å². The van der Waals surface area contributed by atoms with Gasteiger partial charge in [-0.25, -0.2) is 0 Å². The molecule has 0 heterocycles. The number of aliphatic hydroxyl groups excluding tert-OH is 2. The lowest BCUT2D eigenvalue weighted by molar-refractivity contribution is 0.218. The number of nitrogens with one attached hydrogen (secondary N) is 1. The Morgan fingerprint density at radius 2 is 2.09 bits per heavy atom. The van der Waals surface area contributed by atoms with Crippen LogP contribution in [0.5, 0.6) is 0 Å². The van der Waals surface area contributed by atoms with Crippen LogP contribution in [0.15, 0.2) is 12.3 Å². The Bertz CT molecular complexity index is 123. The molecule has 1 atom stereocenters. The van der Waals surface area contributed by atoms with E-state index in [-0.39, 0.29) is 18.4 Å². The van der Waals surface area contributed by atoms with Crippen molar-refractivity contribution in [2.45, 2.75) is 19.9 Å². The van der Waals surface area contributed by atoms with Crippen LogP contribution in [0.3, 0.4) is 0 Å². The van der Waals surface area contributed by atoms with Gasteiger partial charge < -0.3 is 15.5 Å². The standard InChI is InChI=1S/C8H17NO2/c1-6(2)4-9-8(5-10)7(3)11/h6,8-11H,3-5H2,1-2H3/t8-/m0/s1. The summed E-state index contributed by atoms with van der Waals surface area (Å²) in [7, 11) is 0. The molecule has 0 spiro atoms. The molecule has 0 aliphatic rings. The van der Waals surface area contributed by atoms with Crippen LogP contribution in [0, 0.1) is 5.92 Å². The molecule has 0 fully saturated rings. The lowest BCUT2D eigenvalue weighted by Gasteiger charge is -2.15. The molecule has 0 unspecified atom stereocenters. The van der Waals surface area contributed by atoms with Crippen LogP contribution in [-0.4, -0.2) is 29.4 Å². The molecule has 3 nitrogen and oxygen atoms in total. The van der Waals surface area contributed by atoms with E-state index in [0.29, 0.717) is 5.92 Å². The third kappa shape index (κ3) is 4.81. The molecule has 0 aromatic carbocycles. The van der Waals surface area contributed by atoms with Crippen molar-refractivity contribution < 1.29 is 10.2 Å². The van der Waals surface area contributed by atoms with E-state index < -0.39 is 0 Å². The Hall–Kier alpha value is -0.540. The molecule has 0 aromatic heterocycles. The number of aliphatic hydroxyl groups is 2. The Labute approximate surface area is 67.7 Å². The largest absolute Gasteiger partial charge is 0.511 e. The molecule has 0 aromatic rings. The molecule has 0 amide bonds. The summed E-state index contributed by atoms with van der Waals surface area (Å²) >= 11 is 0. The smallest absolute Gasteiger partial charge is 0.104 e. The second kappa shape index (κ2) is 5.16. The number of hydrogen-bond acceptors (Lipinski definition) is 3. The first-order valence-electron chi connectivity index (χ1n) is 3.80. The molecule has 0 saturated heterocycles. The first-order chi connectivity index (χ1) is 5.07. The second-order valence-electron chi connectivity index (χ2n) is 3.03. The molecule has 3 heteroatoms. The van der Waals surface area contributed by atoms with Gasteiger partial charge in [0.1, 0.15) is 5.76 Å². The summed E-state index contributed by atoms with van der Waals surface area (Å²) in [5.41, 5.74) is 0. The highest BCUT2D eigenvalue weighted by Gasteiger charge is 2.09. The van der Waals surface area contributed by atoms with Crippen LogP contribution < -0.4 is 5.32 Å². The van der Waals surface area contributed by atoms with Crippen molar-refractivity contribution in [3.63, 3.8) is 0 Å². The summed E-state index contributed by atoms with van der Waals surface area (Å²) in [5, 5.41) is 20.6. The average Bonchev–Trinajstić information content (AvgIpc) is 1.87. The van der Waals surface area contributed by atoms with Gasteiger partial charge >= 0.3 is 0 Å². The molecule has 3 N–H and O–H groups in total. The van der Waals surface area contributed by atoms with E-state index in [1.54, 1.807) is 0 Å². The number of rotatable bonds is 5. The van der Waals surface area contributed by atoms with Crippen molar-refractivity contribution in [3.05, 3.63) is 12.3 Å². The van der Waals surface area contributed by atoms with Crippen molar-refractivity contribution in [2.75, 3.05) is 13.2 Å². The van der Waals surface area contributed by atoms with Crippen LogP contribution in [0.1, 0.15) is 13.8 Å². The Morgan fingerprint density at radius 3 is 2.36 bits per heavy atom. The summed E-state index contributed by atoms with van der Waals surface area (Å²) in [6, 6.07) is -0.377. The maximum Gasteiger partial charge on any atom is 0.104 e. The molecule has 0 radical (unpaired) electrons. The predicted molar refractivity (Wildman–Crippen MR) is 45.5 cm³/mol. The lowest BCUT2D eigenvalue weighted by Crippen LogP contribution is -2.36. The van der Waals surface area contributed by atoms with E-state index in [0.717, 1.165) is 6.54 Å². The van der Waals surface area contributed by atoms with Crippen LogP contribution in [0.25, 0.3) is 0 Å². The zero-order chi connectivity index (χ0) is 8.85. The van der Waals surface area contributed by atoms with Gasteiger partial charge in [0.2, 0.25) is 0 Å². The van der Waals surface area contributed by atoms with Crippen LogP contribution >= 0.6 is 0 Å². The third-order valence-electron chi connectivity index (χ3n) is 1.36. The molecule has 0 rings (SSSR count). The van der Waals surface area contributed by atoms with Gasteiger partial charge in [0.25, 0.3) is 0 Å².